The third-order valence-corrected chi connectivity index (χ3v) is 3.19. The molecule has 1 heterocycles. The minimum atomic E-state index is -0.524. The highest BCUT2D eigenvalue weighted by Gasteiger charge is 2.28. The van der Waals surface area contributed by atoms with Crippen LogP contribution in [0.15, 0.2) is 6.20 Å². The van der Waals surface area contributed by atoms with Gasteiger partial charge in [-0.25, -0.2) is 0 Å². The molecule has 0 spiro atoms. The van der Waals surface area contributed by atoms with E-state index in [-0.39, 0.29) is 17.6 Å². The van der Waals surface area contributed by atoms with Crippen molar-refractivity contribution in [1.29, 1.82) is 0 Å². The highest BCUT2D eigenvalue weighted by molar-refractivity contribution is 5.26. The Morgan fingerprint density at radius 3 is 2.42 bits per heavy atom. The minimum absolute atomic E-state index is 0.0680. The van der Waals surface area contributed by atoms with Gasteiger partial charge >= 0.3 is 0 Å². The molecule has 3 N–H and O–H groups in total. The number of aliphatic hydroxyl groups is 1. The Morgan fingerprint density at radius 1 is 1.42 bits per heavy atom. The summed E-state index contributed by atoms with van der Waals surface area (Å²) >= 11 is 0. The maximum atomic E-state index is 9.56. The number of hydrogen-bond acceptors (Lipinski definition) is 4. The molecule has 110 valence electrons. The molecular formula is C14H27N3O2. The van der Waals surface area contributed by atoms with Crippen LogP contribution < -0.4 is 5.73 Å². The maximum absolute atomic E-state index is 9.56. The molecule has 1 aromatic rings. The molecule has 0 saturated carbocycles. The van der Waals surface area contributed by atoms with Crippen molar-refractivity contribution in [3.63, 3.8) is 0 Å². The molecule has 0 saturated heterocycles. The van der Waals surface area contributed by atoms with E-state index in [4.69, 9.17) is 10.5 Å². The second kappa shape index (κ2) is 6.03. The van der Waals surface area contributed by atoms with Crippen molar-refractivity contribution in [1.82, 2.24) is 9.78 Å². The Bertz CT molecular complexity index is 407. The van der Waals surface area contributed by atoms with Gasteiger partial charge in [-0.2, -0.15) is 5.10 Å². The van der Waals surface area contributed by atoms with Gasteiger partial charge in [-0.1, -0.05) is 20.8 Å². The number of nitrogens with two attached hydrogens (primary N) is 1. The molecule has 0 aliphatic heterocycles. The number of aliphatic hydroxyl groups excluding tert-OH is 1. The third kappa shape index (κ3) is 4.03. The van der Waals surface area contributed by atoms with Crippen molar-refractivity contribution in [3.8, 4) is 0 Å². The van der Waals surface area contributed by atoms with Crippen molar-refractivity contribution < 1.29 is 9.84 Å². The molecule has 3 unspecified atom stereocenters. The van der Waals surface area contributed by atoms with E-state index in [2.05, 4.69) is 25.9 Å². The van der Waals surface area contributed by atoms with Crippen LogP contribution >= 0.6 is 0 Å². The summed E-state index contributed by atoms with van der Waals surface area (Å²) in [4.78, 5) is 0. The largest absolute Gasteiger partial charge is 0.391 e. The van der Waals surface area contributed by atoms with Crippen LogP contribution in [0.25, 0.3) is 0 Å². The first kappa shape index (κ1) is 16.1. The van der Waals surface area contributed by atoms with E-state index >= 15 is 0 Å². The first-order valence-electron chi connectivity index (χ1n) is 6.74. The number of hydrogen-bond donors (Lipinski definition) is 2. The lowest BCUT2D eigenvalue weighted by atomic mass is 9.88. The van der Waals surface area contributed by atoms with E-state index in [1.54, 1.807) is 11.6 Å². The zero-order valence-corrected chi connectivity index (χ0v) is 12.8. The fourth-order valence-electron chi connectivity index (χ4n) is 1.95. The Kier molecular flexibility index (Phi) is 5.12. The first-order valence-corrected chi connectivity index (χ1v) is 6.74. The van der Waals surface area contributed by atoms with Gasteiger partial charge in [0.2, 0.25) is 0 Å². The van der Waals surface area contributed by atoms with Crippen LogP contribution in [-0.4, -0.2) is 33.6 Å². The number of rotatable bonds is 5. The number of aromatic nitrogens is 2. The molecule has 5 nitrogen and oxygen atoms in total. The highest BCUT2D eigenvalue weighted by Crippen LogP contribution is 2.30. The third-order valence-electron chi connectivity index (χ3n) is 3.19. The van der Waals surface area contributed by atoms with E-state index in [1.165, 1.54) is 0 Å². The molecule has 0 fully saturated rings. The Hall–Kier alpha value is -0.910. The van der Waals surface area contributed by atoms with Crippen molar-refractivity contribution in [2.75, 3.05) is 6.54 Å². The summed E-state index contributed by atoms with van der Waals surface area (Å²) in [5.41, 5.74) is 7.76. The average Bonchev–Trinajstić information content (AvgIpc) is 2.67. The smallest absolute Gasteiger partial charge is 0.0985 e. The van der Waals surface area contributed by atoms with Crippen LogP contribution in [0, 0.1) is 0 Å². The molecule has 5 heteroatoms. The Morgan fingerprint density at radius 2 is 2.00 bits per heavy atom. The molecule has 0 radical (unpaired) electrons. The SMILES string of the molecule is CC(O)C(C)OC(CN)c1cn(C)nc1C(C)(C)C. The fraction of sp³-hybridized carbons (Fsp3) is 0.786. The van der Waals surface area contributed by atoms with E-state index < -0.39 is 6.10 Å². The van der Waals surface area contributed by atoms with Gasteiger partial charge in [-0.05, 0) is 13.8 Å². The van der Waals surface area contributed by atoms with Crippen LogP contribution in [0.3, 0.4) is 0 Å². The van der Waals surface area contributed by atoms with Crippen LogP contribution in [0.1, 0.15) is 52.0 Å². The van der Waals surface area contributed by atoms with Gasteiger partial charge in [0.05, 0.1) is 24.0 Å². The summed E-state index contributed by atoms with van der Waals surface area (Å²) in [5.74, 6) is 0. The van der Waals surface area contributed by atoms with Crippen LogP contribution in [0.4, 0.5) is 0 Å². The van der Waals surface area contributed by atoms with E-state index in [9.17, 15) is 5.11 Å². The van der Waals surface area contributed by atoms with Crippen molar-refractivity contribution in [2.24, 2.45) is 12.8 Å². The molecule has 0 amide bonds. The molecule has 0 bridgehead atoms. The van der Waals surface area contributed by atoms with Gasteiger partial charge in [0.1, 0.15) is 0 Å². The zero-order valence-electron chi connectivity index (χ0n) is 12.8. The minimum Gasteiger partial charge on any atom is -0.391 e. The summed E-state index contributed by atoms with van der Waals surface area (Å²) in [5, 5.41) is 14.1. The number of nitrogens with zero attached hydrogens (tertiary/aromatic N) is 2. The number of ether oxygens (including phenoxy) is 1. The monoisotopic (exact) mass is 269 g/mol. The van der Waals surface area contributed by atoms with Gasteiger partial charge in [-0.3, -0.25) is 4.68 Å². The van der Waals surface area contributed by atoms with Crippen molar-refractivity contribution >= 4 is 0 Å². The van der Waals surface area contributed by atoms with Crippen LogP contribution in [0.5, 0.6) is 0 Å². The molecular weight excluding hydrogens is 242 g/mol. The second-order valence-electron chi connectivity index (χ2n) is 6.16. The summed E-state index contributed by atoms with van der Waals surface area (Å²) < 4.78 is 7.65. The van der Waals surface area contributed by atoms with Crippen molar-refractivity contribution in [3.05, 3.63) is 17.5 Å². The zero-order chi connectivity index (χ0) is 14.8. The quantitative estimate of drug-likeness (QED) is 0.849. The molecule has 0 aliphatic carbocycles. The van der Waals surface area contributed by atoms with E-state index in [0.29, 0.717) is 6.54 Å². The van der Waals surface area contributed by atoms with Crippen LogP contribution in [-0.2, 0) is 17.2 Å². The van der Waals surface area contributed by atoms with Gasteiger partial charge in [-0.15, -0.1) is 0 Å². The van der Waals surface area contributed by atoms with Crippen LogP contribution in [0.2, 0.25) is 0 Å². The topological polar surface area (TPSA) is 73.3 Å². The standard InChI is InChI=1S/C14H27N3O2/c1-9(18)10(2)19-12(7-15)11-8-17(6)16-13(11)14(3,4)5/h8-10,12,18H,7,15H2,1-6H3. The lowest BCUT2D eigenvalue weighted by Gasteiger charge is -2.25. The predicted molar refractivity (Wildman–Crippen MR) is 75.9 cm³/mol. The molecule has 0 aliphatic rings. The summed E-state index contributed by atoms with van der Waals surface area (Å²) in [6, 6.07) is 0. The fourth-order valence-corrected chi connectivity index (χ4v) is 1.95. The molecule has 19 heavy (non-hydrogen) atoms. The molecule has 3 atom stereocenters. The average molecular weight is 269 g/mol. The molecule has 0 aromatic carbocycles. The highest BCUT2D eigenvalue weighted by atomic mass is 16.5. The van der Waals surface area contributed by atoms with E-state index in [0.717, 1.165) is 11.3 Å². The Balaban J connectivity index is 3.05. The summed E-state index contributed by atoms with van der Waals surface area (Å²) in [6.45, 7) is 10.3. The van der Waals surface area contributed by atoms with Gasteiger partial charge in [0.15, 0.2) is 0 Å². The lowest BCUT2D eigenvalue weighted by Crippen LogP contribution is -2.29. The van der Waals surface area contributed by atoms with Gasteiger partial charge in [0, 0.05) is 30.8 Å². The Labute approximate surface area is 115 Å². The van der Waals surface area contributed by atoms with Gasteiger partial charge in [0.25, 0.3) is 0 Å². The summed E-state index contributed by atoms with van der Waals surface area (Å²) in [7, 11) is 1.89. The maximum Gasteiger partial charge on any atom is 0.0985 e. The molecule has 1 rings (SSSR count). The predicted octanol–water partition coefficient (Wildman–Crippen LogP) is 1.50. The molecule has 1 aromatic heterocycles. The summed E-state index contributed by atoms with van der Waals surface area (Å²) in [6.07, 6.45) is 0.922. The number of aryl methyl sites for hydroxylation is 1. The van der Waals surface area contributed by atoms with Crippen molar-refractivity contribution in [2.45, 2.75) is 58.3 Å². The van der Waals surface area contributed by atoms with Gasteiger partial charge < -0.3 is 15.6 Å². The normalized spacial score (nSPS) is 17.3. The second-order valence-corrected chi connectivity index (χ2v) is 6.16. The lowest BCUT2D eigenvalue weighted by molar-refractivity contribution is -0.0596. The van der Waals surface area contributed by atoms with E-state index in [1.807, 2.05) is 20.2 Å². The first-order chi connectivity index (χ1) is 8.66.